The number of rotatable bonds is 9. The maximum atomic E-state index is 9.25. The lowest BCUT2D eigenvalue weighted by molar-refractivity contribution is 0.234. The number of ether oxygens (including phenoxy) is 3. The van der Waals surface area contributed by atoms with E-state index in [0.717, 1.165) is 34.3 Å². The molecular formula is C47H36O4. The summed E-state index contributed by atoms with van der Waals surface area (Å²) in [5.41, 5.74) is 7.05. The van der Waals surface area contributed by atoms with E-state index in [2.05, 4.69) is 140 Å². The van der Waals surface area contributed by atoms with Crippen molar-refractivity contribution in [2.45, 2.75) is 17.9 Å². The number of aliphatic hydroxyl groups excluding tert-OH is 1. The van der Waals surface area contributed by atoms with Gasteiger partial charge in [0.05, 0.1) is 18.6 Å². The predicted molar refractivity (Wildman–Crippen MR) is 206 cm³/mol. The van der Waals surface area contributed by atoms with Gasteiger partial charge in [0, 0.05) is 13.0 Å². The first-order valence-electron chi connectivity index (χ1n) is 17.8. The quantitative estimate of drug-likeness (QED) is 0.123. The van der Waals surface area contributed by atoms with Crippen molar-refractivity contribution in [1.29, 1.82) is 0 Å². The lowest BCUT2D eigenvalue weighted by Crippen LogP contribution is -2.28. The molecule has 1 atom stereocenters. The van der Waals surface area contributed by atoms with Crippen molar-refractivity contribution < 1.29 is 19.3 Å². The fourth-order valence-electron chi connectivity index (χ4n) is 8.34. The van der Waals surface area contributed by atoms with Crippen molar-refractivity contribution in [3.63, 3.8) is 0 Å². The molecule has 8 aromatic rings. The Kier molecular flexibility index (Phi) is 7.09. The largest absolute Gasteiger partial charge is 0.493 e. The molecule has 4 heteroatoms. The normalized spacial score (nSPS) is 15.7. The van der Waals surface area contributed by atoms with Crippen LogP contribution in [-0.4, -0.2) is 37.6 Å². The topological polar surface area (TPSA) is 51.2 Å². The van der Waals surface area contributed by atoms with E-state index in [0.29, 0.717) is 19.6 Å². The highest BCUT2D eigenvalue weighted by molar-refractivity contribution is 6.12. The van der Waals surface area contributed by atoms with Crippen LogP contribution >= 0.6 is 0 Å². The smallest absolute Gasteiger partial charge is 0.120 e. The predicted octanol–water partition coefficient (Wildman–Crippen LogP) is 10.2. The van der Waals surface area contributed by atoms with Crippen molar-refractivity contribution in [2.75, 3.05) is 26.4 Å². The molecule has 8 aromatic carbocycles. The second-order valence-electron chi connectivity index (χ2n) is 13.8. The number of hydrogen-bond donors (Lipinski definition) is 1. The first kappa shape index (κ1) is 30.2. The second-order valence-corrected chi connectivity index (χ2v) is 13.8. The van der Waals surface area contributed by atoms with E-state index in [1.807, 2.05) is 6.07 Å². The standard InChI is InChI=1S/C47H36O4/c48-22-5-23-49-38-18-12-32-24-36(16-10-34(32)26-38)47(37-17-11-35-27-39(19-13-33(35)25-37)50-28-40-29-51-40)43-20-14-30-6-1-3-8-41(30)45(43)46-42-9-4-2-7-31(42)15-21-44(46)47/h1-4,6-21,24-27,40,48H,5,22-23,28-29H2. The number of hydrogen-bond acceptors (Lipinski definition) is 4. The van der Waals surface area contributed by atoms with E-state index in [1.54, 1.807) is 0 Å². The molecule has 0 saturated carbocycles. The van der Waals surface area contributed by atoms with Crippen molar-refractivity contribution in [1.82, 2.24) is 0 Å². The third-order valence-electron chi connectivity index (χ3n) is 10.8. The van der Waals surface area contributed by atoms with Gasteiger partial charge >= 0.3 is 0 Å². The summed E-state index contributed by atoms with van der Waals surface area (Å²) < 4.78 is 17.4. The monoisotopic (exact) mass is 664 g/mol. The molecule has 0 radical (unpaired) electrons. The van der Waals surface area contributed by atoms with Gasteiger partial charge in [0.1, 0.15) is 24.2 Å². The molecule has 51 heavy (non-hydrogen) atoms. The van der Waals surface area contributed by atoms with Crippen LogP contribution in [0.25, 0.3) is 54.2 Å². The van der Waals surface area contributed by atoms with E-state index >= 15 is 0 Å². The van der Waals surface area contributed by atoms with Crippen molar-refractivity contribution in [2.24, 2.45) is 0 Å². The summed E-state index contributed by atoms with van der Waals surface area (Å²) in [6, 6.07) is 53.5. The van der Waals surface area contributed by atoms with Crippen LogP contribution in [0.5, 0.6) is 11.5 Å². The minimum Gasteiger partial charge on any atom is -0.493 e. The van der Waals surface area contributed by atoms with Crippen molar-refractivity contribution >= 4 is 43.1 Å². The molecule has 0 bridgehead atoms. The number of fused-ring (bicyclic) bond motifs is 9. The Hall–Kier alpha value is -5.68. The minimum absolute atomic E-state index is 0.117. The Labute approximate surface area is 296 Å². The summed E-state index contributed by atoms with van der Waals surface area (Å²) in [5.74, 6) is 1.68. The molecule has 1 N–H and O–H groups in total. The van der Waals surface area contributed by atoms with Gasteiger partial charge in [0.25, 0.3) is 0 Å². The molecule has 1 unspecified atom stereocenters. The third kappa shape index (κ3) is 4.90. The lowest BCUT2D eigenvalue weighted by Gasteiger charge is -2.34. The molecule has 1 saturated heterocycles. The van der Waals surface area contributed by atoms with Crippen LogP contribution in [-0.2, 0) is 10.2 Å². The van der Waals surface area contributed by atoms with Crippen LogP contribution < -0.4 is 9.47 Å². The summed E-state index contributed by atoms with van der Waals surface area (Å²) >= 11 is 0. The molecule has 0 spiro atoms. The second kappa shape index (κ2) is 12.0. The molecule has 0 aromatic heterocycles. The van der Waals surface area contributed by atoms with Gasteiger partial charge in [-0.15, -0.1) is 0 Å². The minimum atomic E-state index is -0.587. The van der Waals surface area contributed by atoms with Crippen LogP contribution in [0, 0.1) is 0 Å². The summed E-state index contributed by atoms with van der Waals surface area (Å²) in [6.07, 6.45) is 0.821. The van der Waals surface area contributed by atoms with Crippen molar-refractivity contribution in [3.8, 4) is 22.6 Å². The Bertz CT molecular complexity index is 2550. The first-order chi connectivity index (χ1) is 25.2. The highest BCUT2D eigenvalue weighted by Gasteiger charge is 2.47. The van der Waals surface area contributed by atoms with Gasteiger partial charge < -0.3 is 19.3 Å². The summed E-state index contributed by atoms with van der Waals surface area (Å²) in [5, 5.41) is 18.8. The van der Waals surface area contributed by atoms with E-state index in [1.165, 1.54) is 60.3 Å². The first-order valence-corrected chi connectivity index (χ1v) is 17.8. The van der Waals surface area contributed by atoms with Gasteiger partial charge in [-0.3, -0.25) is 0 Å². The molecule has 1 fully saturated rings. The molecule has 4 nitrogen and oxygen atoms in total. The zero-order valence-corrected chi connectivity index (χ0v) is 28.1. The average Bonchev–Trinajstić information content (AvgIpc) is 3.96. The molecule has 2 aliphatic rings. The summed E-state index contributed by atoms with van der Waals surface area (Å²) in [6.45, 7) is 1.97. The van der Waals surface area contributed by atoms with Gasteiger partial charge in [-0.1, -0.05) is 109 Å². The average molecular weight is 665 g/mol. The van der Waals surface area contributed by atoms with E-state index < -0.39 is 5.41 Å². The molecule has 248 valence electrons. The summed E-state index contributed by atoms with van der Waals surface area (Å²) in [4.78, 5) is 0. The van der Waals surface area contributed by atoms with Crippen LogP contribution in [0.1, 0.15) is 28.7 Å². The fraction of sp³-hybridized carbons (Fsp3) is 0.149. The molecule has 10 rings (SSSR count). The molecule has 1 aliphatic carbocycles. The van der Waals surface area contributed by atoms with Crippen LogP contribution in [0.3, 0.4) is 0 Å². The van der Waals surface area contributed by atoms with Gasteiger partial charge in [-0.05, 0) is 113 Å². The highest BCUT2D eigenvalue weighted by Crippen LogP contribution is 2.60. The zero-order chi connectivity index (χ0) is 33.9. The Morgan fingerprint density at radius 1 is 0.549 bits per heavy atom. The van der Waals surface area contributed by atoms with E-state index in [9.17, 15) is 5.11 Å². The molecular weight excluding hydrogens is 629 g/mol. The van der Waals surface area contributed by atoms with Gasteiger partial charge in [-0.2, -0.15) is 0 Å². The van der Waals surface area contributed by atoms with Crippen LogP contribution in [0.15, 0.2) is 146 Å². The molecule has 1 heterocycles. The lowest BCUT2D eigenvalue weighted by atomic mass is 9.67. The van der Waals surface area contributed by atoms with E-state index in [-0.39, 0.29) is 12.7 Å². The summed E-state index contributed by atoms with van der Waals surface area (Å²) in [7, 11) is 0. The maximum absolute atomic E-state index is 9.25. The van der Waals surface area contributed by atoms with E-state index in [4.69, 9.17) is 14.2 Å². The van der Waals surface area contributed by atoms with Crippen molar-refractivity contribution in [3.05, 3.63) is 168 Å². The molecule has 1 aliphatic heterocycles. The molecule has 0 amide bonds. The Balaban J connectivity index is 1.25. The van der Waals surface area contributed by atoms with Crippen LogP contribution in [0.4, 0.5) is 0 Å². The SMILES string of the molecule is OCCCOc1ccc2cc(C3(c4ccc5cc(OCC6CO6)ccc5c4)c4ccc5ccccc5c4-c4c3ccc3ccccc43)ccc2c1. The maximum Gasteiger partial charge on any atom is 0.120 e. The zero-order valence-electron chi connectivity index (χ0n) is 28.1. The Morgan fingerprint density at radius 2 is 1.04 bits per heavy atom. The number of aliphatic hydroxyl groups is 1. The number of epoxide rings is 1. The van der Waals surface area contributed by atoms with Gasteiger partial charge in [0.15, 0.2) is 0 Å². The number of benzene rings is 8. The highest BCUT2D eigenvalue weighted by atomic mass is 16.6. The van der Waals surface area contributed by atoms with Gasteiger partial charge in [0.2, 0.25) is 0 Å². The van der Waals surface area contributed by atoms with Crippen LogP contribution in [0.2, 0.25) is 0 Å². The van der Waals surface area contributed by atoms with Gasteiger partial charge in [-0.25, -0.2) is 0 Å². The fourth-order valence-corrected chi connectivity index (χ4v) is 8.34. The Morgan fingerprint density at radius 3 is 1.59 bits per heavy atom. The third-order valence-corrected chi connectivity index (χ3v) is 10.8.